The number of amides is 2. The van der Waals surface area contributed by atoms with E-state index in [-0.39, 0.29) is 17.2 Å². The Labute approximate surface area is 215 Å². The van der Waals surface area contributed by atoms with Crippen LogP contribution in [-0.2, 0) is 6.42 Å². The van der Waals surface area contributed by atoms with Gasteiger partial charge >= 0.3 is 0 Å². The molecule has 4 heterocycles. The van der Waals surface area contributed by atoms with Gasteiger partial charge in [0, 0.05) is 37.4 Å². The molecule has 36 heavy (non-hydrogen) atoms. The number of aryl methyl sites for hydroxylation is 1. The van der Waals surface area contributed by atoms with Gasteiger partial charge < -0.3 is 14.5 Å². The van der Waals surface area contributed by atoms with Crippen molar-refractivity contribution in [2.45, 2.75) is 38.5 Å². The van der Waals surface area contributed by atoms with Crippen molar-refractivity contribution in [2.75, 3.05) is 32.8 Å². The topological polar surface area (TPSA) is 88.5 Å². The van der Waals surface area contributed by atoms with E-state index in [9.17, 15) is 9.59 Å². The zero-order valence-electron chi connectivity index (χ0n) is 20.3. The summed E-state index contributed by atoms with van der Waals surface area (Å²) in [5, 5.41) is 1.81. The number of hydrogen-bond acceptors (Lipinski definition) is 7. The van der Waals surface area contributed by atoms with Crippen molar-refractivity contribution in [3.05, 3.63) is 70.7 Å². The van der Waals surface area contributed by atoms with Crippen molar-refractivity contribution in [3.8, 4) is 5.75 Å². The van der Waals surface area contributed by atoms with Crippen molar-refractivity contribution in [3.63, 3.8) is 0 Å². The number of carbonyl (C=O) groups is 2. The normalized spacial score (nSPS) is 18.4. The van der Waals surface area contributed by atoms with Gasteiger partial charge in [-0.05, 0) is 49.1 Å². The van der Waals surface area contributed by atoms with Crippen LogP contribution >= 0.6 is 11.3 Å². The van der Waals surface area contributed by atoms with Gasteiger partial charge in [-0.3, -0.25) is 14.6 Å². The molecule has 0 aliphatic carbocycles. The van der Waals surface area contributed by atoms with Crippen LogP contribution in [0.4, 0.5) is 0 Å². The van der Waals surface area contributed by atoms with Gasteiger partial charge in [-0.2, -0.15) is 0 Å². The number of likely N-dealkylation sites (tertiary alicyclic amines) is 1. The second-order valence-electron chi connectivity index (χ2n) is 9.65. The van der Waals surface area contributed by atoms with E-state index in [1.807, 2.05) is 27.3 Å². The predicted octanol–water partition coefficient (Wildman–Crippen LogP) is 4.10. The number of piperidine rings is 1. The lowest BCUT2D eigenvalue weighted by Crippen LogP contribution is -2.50. The largest absolute Gasteiger partial charge is 0.491 e. The zero-order valence-corrected chi connectivity index (χ0v) is 21.2. The Morgan fingerprint density at radius 1 is 0.917 bits per heavy atom. The van der Waals surface area contributed by atoms with Crippen LogP contribution in [-0.4, -0.2) is 69.4 Å². The van der Waals surface area contributed by atoms with Crippen molar-refractivity contribution < 1.29 is 14.3 Å². The first kappa shape index (κ1) is 24.4. The van der Waals surface area contributed by atoms with Crippen LogP contribution in [0.25, 0.3) is 0 Å². The number of aromatic nitrogens is 3. The standard InChI is InChI=1S/C27H31N5O3S/c33-25(22-17-28-11-12-29-22)32-15-16-35-24-7-2-1-5-21(24)6-3-4-8-27(19-32)9-13-31(14-10-27)26(34)23-18-36-20-30-23/h1-2,5,7,11-12,17-18,20H,3-4,6,8-10,13-16,19H2. The highest BCUT2D eigenvalue weighted by atomic mass is 32.1. The summed E-state index contributed by atoms with van der Waals surface area (Å²) < 4.78 is 6.15. The molecule has 0 unspecified atom stereocenters. The van der Waals surface area contributed by atoms with E-state index < -0.39 is 0 Å². The van der Waals surface area contributed by atoms with E-state index in [1.165, 1.54) is 23.1 Å². The molecular formula is C27H31N5O3S. The lowest BCUT2D eigenvalue weighted by molar-refractivity contribution is 0.0323. The first-order valence-electron chi connectivity index (χ1n) is 12.6. The molecule has 2 amide bonds. The highest BCUT2D eigenvalue weighted by Crippen LogP contribution is 2.39. The van der Waals surface area contributed by atoms with Gasteiger partial charge in [0.1, 0.15) is 23.7 Å². The Morgan fingerprint density at radius 3 is 2.53 bits per heavy atom. The molecule has 0 bridgehead atoms. The molecule has 1 fully saturated rings. The fourth-order valence-electron chi connectivity index (χ4n) is 5.31. The van der Waals surface area contributed by atoms with Crippen LogP contribution in [0.3, 0.4) is 0 Å². The quantitative estimate of drug-likeness (QED) is 0.521. The van der Waals surface area contributed by atoms with Gasteiger partial charge in [0.2, 0.25) is 0 Å². The average Bonchev–Trinajstić information content (AvgIpc) is 3.46. The Balaban J connectivity index is 1.36. The molecule has 188 valence electrons. The monoisotopic (exact) mass is 505 g/mol. The number of ether oxygens (including phenoxy) is 1. The van der Waals surface area contributed by atoms with Crippen LogP contribution in [0, 0.1) is 5.41 Å². The molecule has 3 aromatic rings. The third kappa shape index (κ3) is 5.56. The van der Waals surface area contributed by atoms with Gasteiger partial charge in [0.05, 0.1) is 18.3 Å². The number of para-hydroxylation sites is 1. The van der Waals surface area contributed by atoms with E-state index in [2.05, 4.69) is 27.1 Å². The molecule has 1 spiro atoms. The molecule has 2 aromatic heterocycles. The molecule has 0 radical (unpaired) electrons. The summed E-state index contributed by atoms with van der Waals surface area (Å²) in [6.07, 6.45) is 10.5. The molecule has 0 atom stereocenters. The van der Waals surface area contributed by atoms with Crippen LogP contribution < -0.4 is 4.74 Å². The Morgan fingerprint density at radius 2 is 1.75 bits per heavy atom. The maximum atomic E-state index is 13.5. The molecule has 9 heteroatoms. The maximum Gasteiger partial charge on any atom is 0.274 e. The molecule has 5 rings (SSSR count). The number of fused-ring (bicyclic) bond motifs is 1. The third-order valence-electron chi connectivity index (χ3n) is 7.35. The highest BCUT2D eigenvalue weighted by Gasteiger charge is 2.39. The zero-order chi connectivity index (χ0) is 24.8. The molecule has 8 nitrogen and oxygen atoms in total. The minimum absolute atomic E-state index is 0.00301. The van der Waals surface area contributed by atoms with Crippen molar-refractivity contribution in [1.82, 2.24) is 24.8 Å². The lowest BCUT2D eigenvalue weighted by atomic mass is 9.73. The van der Waals surface area contributed by atoms with Crippen LogP contribution in [0.2, 0.25) is 0 Å². The summed E-state index contributed by atoms with van der Waals surface area (Å²) in [7, 11) is 0. The van der Waals surface area contributed by atoms with Crippen molar-refractivity contribution in [1.29, 1.82) is 0 Å². The van der Waals surface area contributed by atoms with Gasteiger partial charge in [-0.1, -0.05) is 24.6 Å². The van der Waals surface area contributed by atoms with E-state index in [4.69, 9.17) is 4.74 Å². The fourth-order valence-corrected chi connectivity index (χ4v) is 5.84. The molecule has 1 saturated heterocycles. The SMILES string of the molecule is O=C(c1cscn1)N1CCC2(CCCCc3ccccc3OCCN(C(=O)c3cnccn3)C2)CC1. The fraction of sp³-hybridized carbons (Fsp3) is 0.444. The smallest absolute Gasteiger partial charge is 0.274 e. The average molecular weight is 506 g/mol. The first-order chi connectivity index (χ1) is 17.6. The van der Waals surface area contributed by atoms with Crippen molar-refractivity contribution in [2.24, 2.45) is 5.41 Å². The second-order valence-corrected chi connectivity index (χ2v) is 10.4. The van der Waals surface area contributed by atoms with Gasteiger partial charge in [0.25, 0.3) is 11.8 Å². The lowest BCUT2D eigenvalue weighted by Gasteiger charge is -2.44. The maximum absolute atomic E-state index is 13.5. The number of benzene rings is 1. The summed E-state index contributed by atoms with van der Waals surface area (Å²) in [6, 6.07) is 8.17. The molecule has 0 saturated carbocycles. The summed E-state index contributed by atoms with van der Waals surface area (Å²) in [4.78, 5) is 42.8. The Kier molecular flexibility index (Phi) is 7.55. The minimum Gasteiger partial charge on any atom is -0.491 e. The summed E-state index contributed by atoms with van der Waals surface area (Å²) in [5.41, 5.74) is 3.71. The Bertz CT molecular complexity index is 1160. The van der Waals surface area contributed by atoms with Crippen LogP contribution in [0.5, 0.6) is 5.75 Å². The van der Waals surface area contributed by atoms with E-state index in [1.54, 1.807) is 17.9 Å². The van der Waals surface area contributed by atoms with Gasteiger partial charge in [-0.15, -0.1) is 11.3 Å². The number of thiazole rings is 1. The number of hydrogen-bond donors (Lipinski definition) is 0. The van der Waals surface area contributed by atoms with E-state index in [0.29, 0.717) is 44.2 Å². The van der Waals surface area contributed by atoms with E-state index >= 15 is 0 Å². The number of nitrogens with zero attached hydrogens (tertiary/aromatic N) is 5. The second kappa shape index (κ2) is 11.2. The summed E-state index contributed by atoms with van der Waals surface area (Å²) >= 11 is 1.44. The van der Waals surface area contributed by atoms with Crippen LogP contribution in [0.15, 0.2) is 53.7 Å². The highest BCUT2D eigenvalue weighted by molar-refractivity contribution is 7.07. The van der Waals surface area contributed by atoms with Gasteiger partial charge in [0.15, 0.2) is 0 Å². The summed E-state index contributed by atoms with van der Waals surface area (Å²) in [5.74, 6) is 0.766. The number of carbonyl (C=O) groups excluding carboxylic acids is 2. The van der Waals surface area contributed by atoms with Crippen molar-refractivity contribution >= 4 is 23.2 Å². The Hall–Kier alpha value is -3.33. The van der Waals surface area contributed by atoms with E-state index in [0.717, 1.165) is 44.3 Å². The number of rotatable bonds is 2. The third-order valence-corrected chi connectivity index (χ3v) is 7.94. The molecule has 2 aliphatic rings. The predicted molar refractivity (Wildman–Crippen MR) is 137 cm³/mol. The first-order valence-corrected chi connectivity index (χ1v) is 13.5. The minimum atomic E-state index is -0.127. The summed E-state index contributed by atoms with van der Waals surface area (Å²) in [6.45, 7) is 2.83. The molecule has 2 aliphatic heterocycles. The molecule has 1 aromatic carbocycles. The van der Waals surface area contributed by atoms with Crippen LogP contribution in [0.1, 0.15) is 58.6 Å². The molecule has 0 N–H and O–H groups in total. The van der Waals surface area contributed by atoms with Gasteiger partial charge in [-0.25, -0.2) is 9.97 Å². The molecular weight excluding hydrogens is 474 g/mol.